The molecule has 4 fully saturated rings. The van der Waals surface area contributed by atoms with Crippen molar-refractivity contribution in [2.45, 2.75) is 58.4 Å². The van der Waals surface area contributed by atoms with Crippen molar-refractivity contribution in [3.8, 4) is 0 Å². The zero-order valence-electron chi connectivity index (χ0n) is 12.1. The summed E-state index contributed by atoms with van der Waals surface area (Å²) in [5.74, 6) is 3.12. The van der Waals surface area contributed by atoms with Crippen molar-refractivity contribution in [1.82, 2.24) is 4.90 Å². The fourth-order valence-electron chi connectivity index (χ4n) is 5.56. The monoisotopic (exact) mass is 251 g/mol. The Morgan fingerprint density at radius 1 is 1.06 bits per heavy atom. The topological polar surface area (TPSA) is 23.5 Å². The lowest BCUT2D eigenvalue weighted by molar-refractivity contribution is -0.0741. The molecule has 1 N–H and O–H groups in total. The van der Waals surface area contributed by atoms with E-state index in [0.717, 1.165) is 24.3 Å². The van der Waals surface area contributed by atoms with Gasteiger partial charge in [-0.3, -0.25) is 4.90 Å². The summed E-state index contributed by atoms with van der Waals surface area (Å²) in [6, 6.07) is 0.574. The lowest BCUT2D eigenvalue weighted by atomic mass is 9.49. The summed E-state index contributed by atoms with van der Waals surface area (Å²) in [6.07, 6.45) is 9.03. The van der Waals surface area contributed by atoms with Gasteiger partial charge in [0, 0.05) is 19.1 Å². The van der Waals surface area contributed by atoms with Gasteiger partial charge in [-0.1, -0.05) is 0 Å². The van der Waals surface area contributed by atoms with Crippen molar-refractivity contribution in [2.75, 3.05) is 19.7 Å². The van der Waals surface area contributed by atoms with Crippen molar-refractivity contribution in [3.63, 3.8) is 0 Å². The number of hydrogen-bond acceptors (Lipinski definition) is 2. The second kappa shape index (κ2) is 4.79. The van der Waals surface area contributed by atoms with Crippen LogP contribution in [0.25, 0.3) is 0 Å². The summed E-state index contributed by atoms with van der Waals surface area (Å²) in [5, 5.41) is 9.26. The van der Waals surface area contributed by atoms with Gasteiger partial charge in [0.2, 0.25) is 0 Å². The van der Waals surface area contributed by atoms with Gasteiger partial charge in [0.05, 0.1) is 6.61 Å². The quantitative estimate of drug-likeness (QED) is 0.812. The van der Waals surface area contributed by atoms with Crippen molar-refractivity contribution in [2.24, 2.45) is 23.2 Å². The van der Waals surface area contributed by atoms with Crippen LogP contribution in [0.1, 0.15) is 52.4 Å². The fourth-order valence-corrected chi connectivity index (χ4v) is 5.56. The number of hydrogen-bond donors (Lipinski definition) is 1. The molecule has 0 unspecified atom stereocenters. The van der Waals surface area contributed by atoms with Gasteiger partial charge in [-0.15, -0.1) is 0 Å². The van der Waals surface area contributed by atoms with Gasteiger partial charge in [-0.2, -0.15) is 0 Å². The molecular weight excluding hydrogens is 222 g/mol. The van der Waals surface area contributed by atoms with Crippen LogP contribution in [0.2, 0.25) is 0 Å². The van der Waals surface area contributed by atoms with E-state index >= 15 is 0 Å². The summed E-state index contributed by atoms with van der Waals surface area (Å²) in [7, 11) is 0. The third-order valence-corrected chi connectivity index (χ3v) is 5.82. The number of rotatable bonds is 5. The summed E-state index contributed by atoms with van der Waals surface area (Å²) < 4.78 is 0. The lowest BCUT2D eigenvalue weighted by Gasteiger charge is -2.58. The maximum atomic E-state index is 9.26. The summed E-state index contributed by atoms with van der Waals surface area (Å²) in [5.41, 5.74) is 0.619. The molecule has 0 radical (unpaired) electrons. The van der Waals surface area contributed by atoms with Crippen LogP contribution < -0.4 is 0 Å². The third-order valence-electron chi connectivity index (χ3n) is 5.82. The molecule has 4 rings (SSSR count). The molecule has 18 heavy (non-hydrogen) atoms. The molecule has 0 aromatic heterocycles. The van der Waals surface area contributed by atoms with Crippen molar-refractivity contribution < 1.29 is 5.11 Å². The van der Waals surface area contributed by atoms with E-state index < -0.39 is 0 Å². The van der Waals surface area contributed by atoms with Crippen molar-refractivity contribution in [1.29, 1.82) is 0 Å². The minimum absolute atomic E-state index is 0.310. The first-order valence-corrected chi connectivity index (χ1v) is 7.95. The van der Waals surface area contributed by atoms with E-state index in [2.05, 4.69) is 18.7 Å². The van der Waals surface area contributed by atoms with Gasteiger partial charge in [-0.25, -0.2) is 0 Å². The summed E-state index contributed by atoms with van der Waals surface area (Å²) >= 11 is 0. The Bertz CT molecular complexity index is 264. The molecule has 0 heterocycles. The first-order valence-electron chi connectivity index (χ1n) is 7.95. The molecule has 0 saturated heterocycles. The van der Waals surface area contributed by atoms with Crippen LogP contribution in [0.3, 0.4) is 0 Å². The van der Waals surface area contributed by atoms with Crippen LogP contribution in [0, 0.1) is 23.2 Å². The third kappa shape index (κ3) is 2.34. The van der Waals surface area contributed by atoms with Gasteiger partial charge < -0.3 is 5.11 Å². The Hall–Kier alpha value is -0.0800. The molecule has 2 heteroatoms. The first-order chi connectivity index (χ1) is 8.60. The van der Waals surface area contributed by atoms with Crippen LogP contribution in [0.5, 0.6) is 0 Å². The Morgan fingerprint density at radius 3 is 1.94 bits per heavy atom. The van der Waals surface area contributed by atoms with Crippen LogP contribution in [0.15, 0.2) is 0 Å². The van der Waals surface area contributed by atoms with Crippen LogP contribution in [-0.4, -0.2) is 35.7 Å². The van der Waals surface area contributed by atoms with E-state index in [-0.39, 0.29) is 0 Å². The van der Waals surface area contributed by atoms with E-state index in [1.807, 2.05) is 0 Å². The highest BCUT2D eigenvalue weighted by molar-refractivity contribution is 5.02. The smallest absolute Gasteiger partial charge is 0.0558 e. The molecular formula is C16H29NO. The molecule has 4 aliphatic carbocycles. The average Bonchev–Trinajstić information content (AvgIpc) is 2.26. The average molecular weight is 251 g/mol. The zero-order chi connectivity index (χ0) is 12.8. The Morgan fingerprint density at radius 2 is 1.56 bits per heavy atom. The Labute approximate surface area is 112 Å². The molecule has 2 nitrogen and oxygen atoms in total. The highest BCUT2D eigenvalue weighted by atomic mass is 16.3. The van der Waals surface area contributed by atoms with E-state index in [1.165, 1.54) is 45.1 Å². The SMILES string of the molecule is CC(C)N(CCO)CC12CC3CC(CC(C3)C1)C2. The Kier molecular flexibility index (Phi) is 3.44. The minimum atomic E-state index is 0.310. The first kappa shape index (κ1) is 12.9. The molecule has 0 aromatic rings. The summed E-state index contributed by atoms with van der Waals surface area (Å²) in [6.45, 7) is 6.96. The van der Waals surface area contributed by atoms with Crippen molar-refractivity contribution in [3.05, 3.63) is 0 Å². The Balaban J connectivity index is 1.71. The number of aliphatic hydroxyl groups is 1. The normalized spacial score (nSPS) is 42.2. The van der Waals surface area contributed by atoms with Gasteiger partial charge in [-0.05, 0) is 75.5 Å². The van der Waals surface area contributed by atoms with E-state index in [4.69, 9.17) is 0 Å². The van der Waals surface area contributed by atoms with Crippen LogP contribution >= 0.6 is 0 Å². The summed E-state index contributed by atoms with van der Waals surface area (Å²) in [4.78, 5) is 2.52. The van der Waals surface area contributed by atoms with Gasteiger partial charge in [0.1, 0.15) is 0 Å². The van der Waals surface area contributed by atoms with E-state index in [1.54, 1.807) is 0 Å². The molecule has 104 valence electrons. The molecule has 0 aliphatic heterocycles. The van der Waals surface area contributed by atoms with Gasteiger partial charge in [0.15, 0.2) is 0 Å². The lowest BCUT2D eigenvalue weighted by Crippen LogP contribution is -2.52. The maximum Gasteiger partial charge on any atom is 0.0558 e. The zero-order valence-corrected chi connectivity index (χ0v) is 12.1. The minimum Gasteiger partial charge on any atom is -0.395 e. The standard InChI is InChI=1S/C16H29NO/c1-12(2)17(3-4-18)11-16-8-13-5-14(9-16)7-15(6-13)10-16/h12-15,18H,3-11H2,1-2H3. The largest absolute Gasteiger partial charge is 0.395 e. The highest BCUT2D eigenvalue weighted by Crippen LogP contribution is 2.60. The second-order valence-electron chi connectivity index (χ2n) is 7.71. The van der Waals surface area contributed by atoms with Crippen molar-refractivity contribution >= 4 is 0 Å². The molecule has 4 aliphatic rings. The second-order valence-corrected chi connectivity index (χ2v) is 7.71. The predicted octanol–water partition coefficient (Wildman–Crippen LogP) is 2.91. The molecule has 4 saturated carbocycles. The van der Waals surface area contributed by atoms with E-state index in [9.17, 15) is 5.11 Å². The maximum absolute atomic E-state index is 9.26. The van der Waals surface area contributed by atoms with E-state index in [0.29, 0.717) is 18.1 Å². The molecule has 0 atom stereocenters. The number of aliphatic hydroxyl groups excluding tert-OH is 1. The molecule has 0 aromatic carbocycles. The fraction of sp³-hybridized carbons (Fsp3) is 1.00. The van der Waals surface area contributed by atoms with Gasteiger partial charge in [0.25, 0.3) is 0 Å². The van der Waals surface area contributed by atoms with Crippen LogP contribution in [-0.2, 0) is 0 Å². The van der Waals surface area contributed by atoms with Crippen LogP contribution in [0.4, 0.5) is 0 Å². The highest BCUT2D eigenvalue weighted by Gasteiger charge is 2.51. The number of nitrogens with zero attached hydrogens (tertiary/aromatic N) is 1. The van der Waals surface area contributed by atoms with Gasteiger partial charge >= 0.3 is 0 Å². The predicted molar refractivity (Wildman–Crippen MR) is 74.4 cm³/mol. The molecule has 4 bridgehead atoms. The molecule has 0 spiro atoms. The molecule has 0 amide bonds.